The highest BCUT2D eigenvalue weighted by Gasteiger charge is 2.23. The molecule has 27 heavy (non-hydrogen) atoms. The molecule has 1 aromatic carbocycles. The number of carbonyl (C=O) groups excluding carboxylic acids is 1. The van der Waals surface area contributed by atoms with Crippen molar-refractivity contribution in [2.45, 2.75) is 6.92 Å². The number of amides is 1. The lowest BCUT2D eigenvalue weighted by atomic mass is 10.2. The van der Waals surface area contributed by atoms with Gasteiger partial charge in [0.25, 0.3) is 5.91 Å². The molecular weight excluding hydrogens is 402 g/mol. The second-order valence-corrected chi connectivity index (χ2v) is 8.85. The number of hydrogen-bond donors (Lipinski definition) is 0. The maximum atomic E-state index is 13.1. The number of thiazole rings is 1. The highest BCUT2D eigenvalue weighted by Crippen LogP contribution is 2.33. The fraction of sp³-hybridized carbons (Fsp3) is 0.368. The van der Waals surface area contributed by atoms with E-state index in [1.807, 2.05) is 36.6 Å². The standard InChI is InChI=1S/C19H20ClN3O2S2/c1-13-11-14(20)12-16-17(13)21-19(27-16)23(18(24)15-3-2-10-26-15)5-4-22-6-8-25-9-7-22/h2-3,10-12H,4-9H2,1H3. The summed E-state index contributed by atoms with van der Waals surface area (Å²) in [5, 5.41) is 3.34. The molecule has 0 saturated carbocycles. The maximum Gasteiger partial charge on any atom is 0.270 e. The van der Waals surface area contributed by atoms with Crippen LogP contribution in [-0.2, 0) is 4.74 Å². The van der Waals surface area contributed by atoms with E-state index in [1.54, 1.807) is 4.90 Å². The number of fused-ring (bicyclic) bond motifs is 1. The van der Waals surface area contributed by atoms with E-state index in [9.17, 15) is 4.79 Å². The fourth-order valence-corrected chi connectivity index (χ4v) is 5.26. The number of rotatable bonds is 5. The van der Waals surface area contributed by atoms with Crippen LogP contribution < -0.4 is 4.90 Å². The number of ether oxygens (including phenoxy) is 1. The van der Waals surface area contributed by atoms with Crippen molar-refractivity contribution in [3.63, 3.8) is 0 Å². The van der Waals surface area contributed by atoms with Crippen LogP contribution in [0.4, 0.5) is 5.13 Å². The third-order valence-corrected chi connectivity index (χ3v) is 6.69. The van der Waals surface area contributed by atoms with Crippen LogP contribution in [0.15, 0.2) is 29.6 Å². The minimum Gasteiger partial charge on any atom is -0.379 e. The van der Waals surface area contributed by atoms with Gasteiger partial charge in [0, 0.05) is 31.2 Å². The molecule has 0 N–H and O–H groups in total. The second kappa shape index (κ2) is 8.24. The summed E-state index contributed by atoms with van der Waals surface area (Å²) in [5.74, 6) is 0.000987. The van der Waals surface area contributed by atoms with Crippen molar-refractivity contribution < 1.29 is 9.53 Å². The molecule has 1 fully saturated rings. The SMILES string of the molecule is Cc1cc(Cl)cc2sc(N(CCN3CCOCC3)C(=O)c3cccs3)nc12. The van der Waals surface area contributed by atoms with Gasteiger partial charge in [-0.3, -0.25) is 14.6 Å². The van der Waals surface area contributed by atoms with Crippen LogP contribution in [0.25, 0.3) is 10.2 Å². The molecule has 1 amide bonds. The summed E-state index contributed by atoms with van der Waals surface area (Å²) in [6, 6.07) is 7.60. The first-order valence-corrected chi connectivity index (χ1v) is 10.9. The van der Waals surface area contributed by atoms with Gasteiger partial charge in [-0.05, 0) is 36.1 Å². The molecule has 3 heterocycles. The van der Waals surface area contributed by atoms with Crippen LogP contribution in [0.1, 0.15) is 15.2 Å². The second-order valence-electron chi connectivity index (χ2n) is 6.45. The Hall–Kier alpha value is -1.51. The summed E-state index contributed by atoms with van der Waals surface area (Å²) in [6.45, 7) is 6.69. The molecule has 0 bridgehead atoms. The van der Waals surface area contributed by atoms with Gasteiger partial charge in [-0.2, -0.15) is 0 Å². The summed E-state index contributed by atoms with van der Waals surface area (Å²) in [5.41, 5.74) is 1.94. The zero-order valence-corrected chi connectivity index (χ0v) is 17.4. The average Bonchev–Trinajstić information content (AvgIpc) is 3.32. The predicted octanol–water partition coefficient (Wildman–Crippen LogP) is 4.30. The van der Waals surface area contributed by atoms with Crippen molar-refractivity contribution >= 4 is 55.5 Å². The maximum absolute atomic E-state index is 13.1. The molecule has 142 valence electrons. The molecule has 0 spiro atoms. The van der Waals surface area contributed by atoms with Crippen LogP contribution in [0.2, 0.25) is 5.02 Å². The van der Waals surface area contributed by atoms with Crippen LogP contribution in [0.3, 0.4) is 0 Å². The van der Waals surface area contributed by atoms with Crippen molar-refractivity contribution in [3.8, 4) is 0 Å². The highest BCUT2D eigenvalue weighted by molar-refractivity contribution is 7.22. The highest BCUT2D eigenvalue weighted by atomic mass is 35.5. The monoisotopic (exact) mass is 421 g/mol. The number of aromatic nitrogens is 1. The Balaban J connectivity index is 1.64. The lowest BCUT2D eigenvalue weighted by molar-refractivity contribution is 0.0391. The van der Waals surface area contributed by atoms with Crippen LogP contribution >= 0.6 is 34.3 Å². The molecule has 0 radical (unpaired) electrons. The molecule has 0 aliphatic carbocycles. The summed E-state index contributed by atoms with van der Waals surface area (Å²) in [4.78, 5) is 22.8. The number of hydrogen-bond acceptors (Lipinski definition) is 6. The quantitative estimate of drug-likeness (QED) is 0.616. The molecule has 4 rings (SSSR count). The topological polar surface area (TPSA) is 45.7 Å². The molecule has 0 atom stereocenters. The molecule has 2 aromatic heterocycles. The first-order valence-electron chi connectivity index (χ1n) is 8.84. The van der Waals surface area contributed by atoms with Gasteiger partial charge in [-0.1, -0.05) is 29.0 Å². The molecule has 3 aromatic rings. The van der Waals surface area contributed by atoms with Gasteiger partial charge in [-0.15, -0.1) is 11.3 Å². The third-order valence-electron chi connectivity index (χ3n) is 4.59. The minimum atomic E-state index is 0.000987. The Morgan fingerprint density at radius 1 is 1.37 bits per heavy atom. The number of carbonyl (C=O) groups is 1. The number of nitrogens with zero attached hydrogens (tertiary/aromatic N) is 3. The Morgan fingerprint density at radius 3 is 2.93 bits per heavy atom. The number of morpholine rings is 1. The van der Waals surface area contributed by atoms with Crippen molar-refractivity contribution in [2.24, 2.45) is 0 Å². The van der Waals surface area contributed by atoms with E-state index in [2.05, 4.69) is 4.90 Å². The number of thiophene rings is 1. The Labute approximate surface area is 171 Å². The predicted molar refractivity (Wildman–Crippen MR) is 113 cm³/mol. The summed E-state index contributed by atoms with van der Waals surface area (Å²) in [6.07, 6.45) is 0. The van der Waals surface area contributed by atoms with E-state index in [1.165, 1.54) is 22.7 Å². The zero-order valence-electron chi connectivity index (χ0n) is 15.0. The van der Waals surface area contributed by atoms with E-state index in [4.69, 9.17) is 21.3 Å². The van der Waals surface area contributed by atoms with E-state index in [0.717, 1.165) is 58.6 Å². The molecular formula is C19H20ClN3O2S2. The normalized spacial score (nSPS) is 15.3. The zero-order chi connectivity index (χ0) is 18.8. The molecule has 8 heteroatoms. The lowest BCUT2D eigenvalue weighted by Gasteiger charge is -2.29. The van der Waals surface area contributed by atoms with Gasteiger partial charge in [0.1, 0.15) is 0 Å². The molecule has 1 aliphatic heterocycles. The Kier molecular flexibility index (Phi) is 5.75. The largest absolute Gasteiger partial charge is 0.379 e. The number of aryl methyl sites for hydroxylation is 1. The summed E-state index contributed by atoms with van der Waals surface area (Å²) >= 11 is 9.18. The number of benzene rings is 1. The Bertz CT molecular complexity index is 936. The summed E-state index contributed by atoms with van der Waals surface area (Å²) in [7, 11) is 0. The van der Waals surface area contributed by atoms with Crippen molar-refractivity contribution in [2.75, 3.05) is 44.3 Å². The van der Waals surface area contributed by atoms with E-state index >= 15 is 0 Å². The smallest absolute Gasteiger partial charge is 0.270 e. The average molecular weight is 422 g/mol. The first kappa shape index (κ1) is 18.8. The fourth-order valence-electron chi connectivity index (χ4n) is 3.14. The van der Waals surface area contributed by atoms with Gasteiger partial charge in [-0.25, -0.2) is 4.98 Å². The molecule has 1 saturated heterocycles. The minimum absolute atomic E-state index is 0.000987. The van der Waals surface area contributed by atoms with Crippen LogP contribution in [0, 0.1) is 6.92 Å². The van der Waals surface area contributed by atoms with Crippen molar-refractivity contribution in [1.29, 1.82) is 0 Å². The third kappa shape index (κ3) is 4.17. The summed E-state index contributed by atoms with van der Waals surface area (Å²) < 4.78 is 6.42. The molecule has 0 unspecified atom stereocenters. The van der Waals surface area contributed by atoms with Gasteiger partial charge < -0.3 is 4.74 Å². The lowest BCUT2D eigenvalue weighted by Crippen LogP contribution is -2.43. The van der Waals surface area contributed by atoms with Crippen LogP contribution in [0.5, 0.6) is 0 Å². The molecule has 1 aliphatic rings. The number of anilines is 1. The van der Waals surface area contributed by atoms with E-state index in [-0.39, 0.29) is 5.91 Å². The first-order chi connectivity index (χ1) is 13.1. The van der Waals surface area contributed by atoms with Gasteiger partial charge in [0.2, 0.25) is 0 Å². The van der Waals surface area contributed by atoms with Crippen molar-refractivity contribution in [1.82, 2.24) is 9.88 Å². The van der Waals surface area contributed by atoms with Gasteiger partial charge in [0.05, 0.1) is 28.3 Å². The van der Waals surface area contributed by atoms with Gasteiger partial charge >= 0.3 is 0 Å². The van der Waals surface area contributed by atoms with E-state index < -0.39 is 0 Å². The molecule has 5 nitrogen and oxygen atoms in total. The van der Waals surface area contributed by atoms with E-state index in [0.29, 0.717) is 11.6 Å². The van der Waals surface area contributed by atoms with Gasteiger partial charge in [0.15, 0.2) is 5.13 Å². The van der Waals surface area contributed by atoms with Crippen molar-refractivity contribution in [3.05, 3.63) is 45.1 Å². The number of halogens is 1. The van der Waals surface area contributed by atoms with Crippen LogP contribution in [-0.4, -0.2) is 55.2 Å². The Morgan fingerprint density at radius 2 is 2.19 bits per heavy atom.